The molecule has 60 valence electrons. The Morgan fingerprint density at radius 2 is 2.18 bits per heavy atom. The van der Waals surface area contributed by atoms with Gasteiger partial charge in [-0.05, 0) is 30.7 Å². The van der Waals surface area contributed by atoms with Crippen LogP contribution in [0.3, 0.4) is 0 Å². The first kappa shape index (κ1) is 9.04. The van der Waals surface area contributed by atoms with E-state index in [4.69, 9.17) is 11.6 Å². The summed E-state index contributed by atoms with van der Waals surface area (Å²) in [6.45, 7) is 1.69. The standard InChI is InChI=1S/C8H8BrClO/c1-5(11)7-4-6(9)2-3-8(7)10/h2-5,11H,1H3. The third-order valence-electron chi connectivity index (χ3n) is 1.41. The van der Waals surface area contributed by atoms with Gasteiger partial charge in [-0.2, -0.15) is 0 Å². The summed E-state index contributed by atoms with van der Waals surface area (Å²) in [5, 5.41) is 9.82. The zero-order chi connectivity index (χ0) is 8.43. The lowest BCUT2D eigenvalue weighted by atomic mass is 10.1. The molecule has 1 atom stereocenters. The quantitative estimate of drug-likeness (QED) is 0.793. The van der Waals surface area contributed by atoms with E-state index in [0.717, 1.165) is 10.0 Å². The molecular formula is C8H8BrClO. The summed E-state index contributed by atoms with van der Waals surface area (Å²) in [5.74, 6) is 0. The predicted molar refractivity (Wildman–Crippen MR) is 49.8 cm³/mol. The molecule has 0 heterocycles. The van der Waals surface area contributed by atoms with Crippen LogP contribution in [-0.4, -0.2) is 5.11 Å². The average Bonchev–Trinajstić information content (AvgIpc) is 1.94. The van der Waals surface area contributed by atoms with Crippen molar-refractivity contribution in [2.75, 3.05) is 0 Å². The van der Waals surface area contributed by atoms with Gasteiger partial charge in [-0.1, -0.05) is 27.5 Å². The first-order chi connectivity index (χ1) is 5.11. The molecule has 1 rings (SSSR count). The summed E-state index contributed by atoms with van der Waals surface area (Å²) in [5.41, 5.74) is 0.751. The fourth-order valence-corrected chi connectivity index (χ4v) is 1.49. The lowest BCUT2D eigenvalue weighted by Crippen LogP contribution is -1.91. The molecule has 3 heteroatoms. The summed E-state index contributed by atoms with van der Waals surface area (Å²) >= 11 is 9.11. The van der Waals surface area contributed by atoms with E-state index in [2.05, 4.69) is 15.9 Å². The smallest absolute Gasteiger partial charge is 0.0776 e. The molecule has 0 aromatic heterocycles. The zero-order valence-electron chi connectivity index (χ0n) is 6.01. The highest BCUT2D eigenvalue weighted by atomic mass is 79.9. The fourth-order valence-electron chi connectivity index (χ4n) is 0.835. The number of halogens is 2. The molecule has 11 heavy (non-hydrogen) atoms. The zero-order valence-corrected chi connectivity index (χ0v) is 8.35. The first-order valence-corrected chi connectivity index (χ1v) is 4.41. The average molecular weight is 236 g/mol. The van der Waals surface area contributed by atoms with E-state index in [0.29, 0.717) is 5.02 Å². The number of hydrogen-bond acceptors (Lipinski definition) is 1. The van der Waals surface area contributed by atoms with Gasteiger partial charge >= 0.3 is 0 Å². The number of aliphatic hydroxyl groups excluding tert-OH is 1. The van der Waals surface area contributed by atoms with Gasteiger partial charge < -0.3 is 5.11 Å². The number of benzene rings is 1. The molecular weight excluding hydrogens is 227 g/mol. The highest BCUT2D eigenvalue weighted by Gasteiger charge is 2.05. The van der Waals surface area contributed by atoms with Crippen molar-refractivity contribution in [1.82, 2.24) is 0 Å². The molecule has 1 aromatic rings. The molecule has 0 saturated heterocycles. The Kier molecular flexibility index (Phi) is 2.93. The normalized spacial score (nSPS) is 13.1. The monoisotopic (exact) mass is 234 g/mol. The SMILES string of the molecule is CC(O)c1cc(Br)ccc1Cl. The van der Waals surface area contributed by atoms with Crippen LogP contribution < -0.4 is 0 Å². The molecule has 0 bridgehead atoms. The molecule has 0 spiro atoms. The molecule has 0 aliphatic heterocycles. The van der Waals surface area contributed by atoms with Crippen molar-refractivity contribution in [3.05, 3.63) is 33.3 Å². The van der Waals surface area contributed by atoms with E-state index in [9.17, 15) is 5.11 Å². The second kappa shape index (κ2) is 3.57. The van der Waals surface area contributed by atoms with Gasteiger partial charge in [0.05, 0.1) is 6.10 Å². The maximum absolute atomic E-state index is 9.22. The Hall–Kier alpha value is -0.0500. The van der Waals surface area contributed by atoms with Gasteiger partial charge in [0.1, 0.15) is 0 Å². The van der Waals surface area contributed by atoms with Crippen LogP contribution in [0.5, 0.6) is 0 Å². The second-order valence-corrected chi connectivity index (χ2v) is 3.66. The summed E-state index contributed by atoms with van der Waals surface area (Å²) in [7, 11) is 0. The van der Waals surface area contributed by atoms with Crippen LogP contribution >= 0.6 is 27.5 Å². The van der Waals surface area contributed by atoms with Crippen LogP contribution in [0.1, 0.15) is 18.6 Å². The van der Waals surface area contributed by atoms with Gasteiger partial charge in [-0.15, -0.1) is 0 Å². The van der Waals surface area contributed by atoms with E-state index in [1.54, 1.807) is 13.0 Å². The summed E-state index contributed by atoms with van der Waals surface area (Å²) in [6, 6.07) is 5.41. The molecule has 1 unspecified atom stereocenters. The Morgan fingerprint density at radius 1 is 1.55 bits per heavy atom. The lowest BCUT2D eigenvalue weighted by molar-refractivity contribution is 0.199. The van der Waals surface area contributed by atoms with Gasteiger partial charge in [0.15, 0.2) is 0 Å². The Morgan fingerprint density at radius 3 is 2.64 bits per heavy atom. The van der Waals surface area contributed by atoms with Gasteiger partial charge in [0, 0.05) is 9.50 Å². The van der Waals surface area contributed by atoms with Crippen LogP contribution in [0.4, 0.5) is 0 Å². The maximum atomic E-state index is 9.22. The topological polar surface area (TPSA) is 20.2 Å². The van der Waals surface area contributed by atoms with Gasteiger partial charge in [0.25, 0.3) is 0 Å². The molecule has 0 fully saturated rings. The van der Waals surface area contributed by atoms with Crippen molar-refractivity contribution < 1.29 is 5.11 Å². The first-order valence-electron chi connectivity index (χ1n) is 3.24. The molecule has 0 aliphatic carbocycles. The highest BCUT2D eigenvalue weighted by molar-refractivity contribution is 9.10. The van der Waals surface area contributed by atoms with E-state index < -0.39 is 6.10 Å². The van der Waals surface area contributed by atoms with Gasteiger partial charge in [-0.25, -0.2) is 0 Å². The van der Waals surface area contributed by atoms with E-state index >= 15 is 0 Å². The lowest BCUT2D eigenvalue weighted by Gasteiger charge is -2.06. The van der Waals surface area contributed by atoms with Crippen molar-refractivity contribution in [2.45, 2.75) is 13.0 Å². The number of hydrogen-bond donors (Lipinski definition) is 1. The van der Waals surface area contributed by atoms with Crippen LogP contribution in [0.25, 0.3) is 0 Å². The second-order valence-electron chi connectivity index (χ2n) is 2.34. The molecule has 0 aliphatic rings. The van der Waals surface area contributed by atoms with Crippen LogP contribution in [0.15, 0.2) is 22.7 Å². The van der Waals surface area contributed by atoms with Crippen LogP contribution in [-0.2, 0) is 0 Å². The third kappa shape index (κ3) is 2.19. The number of rotatable bonds is 1. The Balaban J connectivity index is 3.13. The van der Waals surface area contributed by atoms with Crippen molar-refractivity contribution in [1.29, 1.82) is 0 Å². The maximum Gasteiger partial charge on any atom is 0.0776 e. The largest absolute Gasteiger partial charge is 0.389 e. The Labute approximate surface area is 79.1 Å². The van der Waals surface area contributed by atoms with E-state index in [1.165, 1.54) is 0 Å². The van der Waals surface area contributed by atoms with Crippen molar-refractivity contribution in [2.24, 2.45) is 0 Å². The van der Waals surface area contributed by atoms with Gasteiger partial charge in [0.2, 0.25) is 0 Å². The molecule has 1 N–H and O–H groups in total. The molecule has 0 saturated carbocycles. The molecule has 0 radical (unpaired) electrons. The molecule has 1 nitrogen and oxygen atoms in total. The van der Waals surface area contributed by atoms with Crippen LogP contribution in [0.2, 0.25) is 5.02 Å². The van der Waals surface area contributed by atoms with Crippen molar-refractivity contribution >= 4 is 27.5 Å². The number of aliphatic hydroxyl groups is 1. The fraction of sp³-hybridized carbons (Fsp3) is 0.250. The minimum absolute atomic E-state index is 0.514. The Bertz CT molecular complexity index is 260. The molecule has 0 amide bonds. The minimum atomic E-state index is -0.514. The summed E-state index contributed by atoms with van der Waals surface area (Å²) in [4.78, 5) is 0. The molecule has 1 aromatic carbocycles. The van der Waals surface area contributed by atoms with Crippen molar-refractivity contribution in [3.63, 3.8) is 0 Å². The minimum Gasteiger partial charge on any atom is -0.389 e. The summed E-state index contributed by atoms with van der Waals surface area (Å²) < 4.78 is 0.929. The highest BCUT2D eigenvalue weighted by Crippen LogP contribution is 2.25. The van der Waals surface area contributed by atoms with Crippen LogP contribution in [0, 0.1) is 0 Å². The van der Waals surface area contributed by atoms with E-state index in [1.807, 2.05) is 12.1 Å². The summed E-state index contributed by atoms with van der Waals surface area (Å²) in [6.07, 6.45) is -0.514. The predicted octanol–water partition coefficient (Wildman–Crippen LogP) is 3.16. The van der Waals surface area contributed by atoms with E-state index in [-0.39, 0.29) is 0 Å². The third-order valence-corrected chi connectivity index (χ3v) is 2.25. The van der Waals surface area contributed by atoms with Gasteiger partial charge in [-0.3, -0.25) is 0 Å². The van der Waals surface area contributed by atoms with Crippen molar-refractivity contribution in [3.8, 4) is 0 Å².